The zero-order chi connectivity index (χ0) is 12.9. The van der Waals surface area contributed by atoms with Crippen LogP contribution in [0.2, 0.25) is 0 Å². The minimum atomic E-state index is -3.32. The van der Waals surface area contributed by atoms with Crippen molar-refractivity contribution in [2.75, 3.05) is 6.54 Å². The Balaban J connectivity index is 2.70. The van der Waals surface area contributed by atoms with Gasteiger partial charge in [0, 0.05) is 5.54 Å². The van der Waals surface area contributed by atoms with E-state index < -0.39 is 15.6 Å². The fourth-order valence-electron chi connectivity index (χ4n) is 1.66. The lowest BCUT2D eigenvalue weighted by Crippen LogP contribution is -2.45. The summed E-state index contributed by atoms with van der Waals surface area (Å²) >= 11 is 0. The van der Waals surface area contributed by atoms with Crippen molar-refractivity contribution in [2.45, 2.75) is 31.6 Å². The molecule has 1 rings (SSSR count). The Kier molecular flexibility index (Phi) is 4.68. The normalized spacial score (nSPS) is 12.6. The molecule has 3 N–H and O–H groups in total. The van der Waals surface area contributed by atoms with E-state index in [2.05, 4.69) is 4.72 Å². The number of benzene rings is 1. The van der Waals surface area contributed by atoms with Crippen molar-refractivity contribution in [1.82, 2.24) is 4.72 Å². The molecule has 0 atom stereocenters. The molecule has 0 fully saturated rings. The highest BCUT2D eigenvalue weighted by Crippen LogP contribution is 2.12. The fourth-order valence-corrected chi connectivity index (χ4v) is 3.31. The van der Waals surface area contributed by atoms with Crippen molar-refractivity contribution in [2.24, 2.45) is 5.73 Å². The summed E-state index contributed by atoms with van der Waals surface area (Å²) in [4.78, 5) is 0. The Hall–Kier alpha value is -0.910. The maximum Gasteiger partial charge on any atom is 0.216 e. The van der Waals surface area contributed by atoms with Gasteiger partial charge in [0.2, 0.25) is 10.0 Å². The van der Waals surface area contributed by atoms with Crippen molar-refractivity contribution in [1.29, 1.82) is 0 Å². The monoisotopic (exact) mass is 256 g/mol. The largest absolute Gasteiger partial charge is 0.330 e. The molecule has 0 spiro atoms. The van der Waals surface area contributed by atoms with Gasteiger partial charge in [-0.2, -0.15) is 0 Å². The number of rotatable bonds is 6. The number of sulfonamides is 1. The first-order chi connectivity index (χ1) is 7.85. The summed E-state index contributed by atoms with van der Waals surface area (Å²) in [6.45, 7) is 4.13. The first-order valence-electron chi connectivity index (χ1n) is 5.60. The Bertz CT molecular complexity index is 441. The molecule has 96 valence electrons. The van der Waals surface area contributed by atoms with E-state index in [4.69, 9.17) is 5.73 Å². The third-order valence-corrected chi connectivity index (χ3v) is 3.98. The van der Waals surface area contributed by atoms with Gasteiger partial charge in [0.1, 0.15) is 0 Å². The molecular weight excluding hydrogens is 236 g/mol. The van der Waals surface area contributed by atoms with E-state index in [1.807, 2.05) is 32.0 Å². The van der Waals surface area contributed by atoms with Crippen molar-refractivity contribution in [3.63, 3.8) is 0 Å². The van der Waals surface area contributed by atoms with Crippen molar-refractivity contribution < 1.29 is 8.42 Å². The number of hydrogen-bond donors (Lipinski definition) is 2. The highest BCUT2D eigenvalue weighted by atomic mass is 32.2. The summed E-state index contributed by atoms with van der Waals surface area (Å²) in [5.41, 5.74) is 5.73. The van der Waals surface area contributed by atoms with E-state index >= 15 is 0 Å². The summed E-state index contributed by atoms with van der Waals surface area (Å²) < 4.78 is 26.6. The summed E-state index contributed by atoms with van der Waals surface area (Å²) in [7, 11) is -3.32. The molecule has 0 aliphatic heterocycles. The molecule has 0 radical (unpaired) electrons. The van der Waals surface area contributed by atoms with E-state index in [9.17, 15) is 8.42 Å². The van der Waals surface area contributed by atoms with E-state index in [1.165, 1.54) is 0 Å². The first-order valence-corrected chi connectivity index (χ1v) is 7.25. The lowest BCUT2D eigenvalue weighted by atomic mass is 10.0. The highest BCUT2D eigenvalue weighted by Gasteiger charge is 2.23. The van der Waals surface area contributed by atoms with Crippen LogP contribution in [-0.4, -0.2) is 20.5 Å². The molecule has 0 bridgehead atoms. The predicted molar refractivity (Wildman–Crippen MR) is 70.0 cm³/mol. The maximum absolute atomic E-state index is 11.9. The minimum Gasteiger partial charge on any atom is -0.330 e. The van der Waals surface area contributed by atoms with Crippen LogP contribution in [0.4, 0.5) is 0 Å². The van der Waals surface area contributed by atoms with E-state index in [1.54, 1.807) is 12.1 Å². The van der Waals surface area contributed by atoms with Crippen LogP contribution in [0.5, 0.6) is 0 Å². The highest BCUT2D eigenvalue weighted by molar-refractivity contribution is 7.88. The van der Waals surface area contributed by atoms with Gasteiger partial charge in [-0.1, -0.05) is 30.3 Å². The topological polar surface area (TPSA) is 72.2 Å². The van der Waals surface area contributed by atoms with Gasteiger partial charge in [0.05, 0.1) is 5.75 Å². The van der Waals surface area contributed by atoms with Gasteiger partial charge in [0.15, 0.2) is 0 Å². The Morgan fingerprint density at radius 2 is 1.82 bits per heavy atom. The second-order valence-corrected chi connectivity index (χ2v) is 6.49. The Morgan fingerprint density at radius 3 is 2.35 bits per heavy atom. The molecular formula is C12H20N2O2S. The standard InChI is InChI=1S/C12H20N2O2S/c1-12(2,8-9-13)14-17(15,16)10-11-6-4-3-5-7-11/h3-7,14H,8-10,13H2,1-2H3. The summed E-state index contributed by atoms with van der Waals surface area (Å²) in [5.74, 6) is 0.00183. The van der Waals surface area contributed by atoms with Crippen molar-refractivity contribution >= 4 is 10.0 Å². The number of nitrogens with two attached hydrogens (primary N) is 1. The second-order valence-electron chi connectivity index (χ2n) is 4.77. The van der Waals surface area contributed by atoms with Crippen LogP contribution in [0.15, 0.2) is 30.3 Å². The summed E-state index contributed by atoms with van der Waals surface area (Å²) in [6, 6.07) is 9.12. The van der Waals surface area contributed by atoms with Crippen LogP contribution < -0.4 is 10.5 Å². The van der Waals surface area contributed by atoms with Gasteiger partial charge < -0.3 is 5.73 Å². The van der Waals surface area contributed by atoms with E-state index in [-0.39, 0.29) is 5.75 Å². The van der Waals surface area contributed by atoms with Crippen LogP contribution in [0.3, 0.4) is 0 Å². The molecule has 17 heavy (non-hydrogen) atoms. The molecule has 0 unspecified atom stereocenters. The van der Waals surface area contributed by atoms with Crippen LogP contribution >= 0.6 is 0 Å². The van der Waals surface area contributed by atoms with Crippen LogP contribution in [0.25, 0.3) is 0 Å². The molecule has 0 amide bonds. The van der Waals surface area contributed by atoms with Gasteiger partial charge in [-0.15, -0.1) is 0 Å². The third kappa shape index (κ3) is 5.30. The van der Waals surface area contributed by atoms with Crippen molar-refractivity contribution in [3.05, 3.63) is 35.9 Å². The average molecular weight is 256 g/mol. The molecule has 4 nitrogen and oxygen atoms in total. The smallest absolute Gasteiger partial charge is 0.216 e. The molecule has 0 saturated heterocycles. The van der Waals surface area contributed by atoms with Gasteiger partial charge >= 0.3 is 0 Å². The molecule has 0 aliphatic rings. The molecule has 1 aromatic rings. The number of nitrogens with one attached hydrogen (secondary N) is 1. The van der Waals surface area contributed by atoms with E-state index in [0.29, 0.717) is 13.0 Å². The zero-order valence-electron chi connectivity index (χ0n) is 10.3. The predicted octanol–water partition coefficient (Wildman–Crippen LogP) is 1.23. The first kappa shape index (κ1) is 14.2. The molecule has 1 aromatic carbocycles. The maximum atomic E-state index is 11.9. The molecule has 0 saturated carbocycles. The number of hydrogen-bond acceptors (Lipinski definition) is 3. The average Bonchev–Trinajstić information content (AvgIpc) is 2.15. The van der Waals surface area contributed by atoms with Crippen LogP contribution in [-0.2, 0) is 15.8 Å². The van der Waals surface area contributed by atoms with Gasteiger partial charge in [-0.3, -0.25) is 0 Å². The fraction of sp³-hybridized carbons (Fsp3) is 0.500. The van der Waals surface area contributed by atoms with Crippen LogP contribution in [0.1, 0.15) is 25.8 Å². The van der Waals surface area contributed by atoms with Gasteiger partial charge in [-0.05, 0) is 32.4 Å². The molecule has 5 heteroatoms. The molecule has 0 heterocycles. The van der Waals surface area contributed by atoms with E-state index in [0.717, 1.165) is 5.56 Å². The quantitative estimate of drug-likeness (QED) is 0.804. The lowest BCUT2D eigenvalue weighted by molar-refractivity contribution is 0.427. The zero-order valence-corrected chi connectivity index (χ0v) is 11.1. The van der Waals surface area contributed by atoms with Crippen LogP contribution in [0, 0.1) is 0 Å². The van der Waals surface area contributed by atoms with Gasteiger partial charge in [-0.25, -0.2) is 13.1 Å². The molecule has 0 aromatic heterocycles. The lowest BCUT2D eigenvalue weighted by Gasteiger charge is -2.25. The SMILES string of the molecule is CC(C)(CCN)NS(=O)(=O)Cc1ccccc1. The second kappa shape index (κ2) is 5.62. The summed E-state index contributed by atoms with van der Waals surface area (Å²) in [6.07, 6.45) is 0.612. The Morgan fingerprint density at radius 1 is 1.24 bits per heavy atom. The third-order valence-electron chi connectivity index (χ3n) is 2.40. The summed E-state index contributed by atoms with van der Waals surface area (Å²) in [5, 5.41) is 0. The van der Waals surface area contributed by atoms with Crippen molar-refractivity contribution in [3.8, 4) is 0 Å². The molecule has 0 aliphatic carbocycles. The Labute approximate surface area is 103 Å². The van der Waals surface area contributed by atoms with Gasteiger partial charge in [0.25, 0.3) is 0 Å². The minimum absolute atomic E-state index is 0.00183.